The van der Waals surface area contributed by atoms with Gasteiger partial charge in [-0.15, -0.1) is 0 Å². The van der Waals surface area contributed by atoms with E-state index in [4.69, 9.17) is 4.74 Å². The Hall–Kier alpha value is -1.48. The van der Waals surface area contributed by atoms with Crippen molar-refractivity contribution in [2.75, 3.05) is 12.4 Å². The van der Waals surface area contributed by atoms with Crippen molar-refractivity contribution in [2.24, 2.45) is 0 Å². The van der Waals surface area contributed by atoms with E-state index >= 15 is 0 Å². The summed E-state index contributed by atoms with van der Waals surface area (Å²) in [6, 6.07) is 15.0. The van der Waals surface area contributed by atoms with Gasteiger partial charge in [0.15, 0.2) is 0 Å². The second-order valence-corrected chi connectivity index (χ2v) is 5.73. The quantitative estimate of drug-likeness (QED) is 0.896. The molecule has 0 aliphatic heterocycles. The molecule has 1 atom stereocenters. The summed E-state index contributed by atoms with van der Waals surface area (Å²) >= 11 is 3.53. The standard InChI is InChI=1S/C16H16BrNO/c1-19-14-4-2-3-13(10-14)18-16-8-5-11-9-12(17)6-7-15(11)16/h2-4,6-7,9-10,16,18H,5,8H2,1H3. The van der Waals surface area contributed by atoms with Crippen LogP contribution in [0.2, 0.25) is 0 Å². The molecule has 0 aromatic heterocycles. The summed E-state index contributed by atoms with van der Waals surface area (Å²) in [5.41, 5.74) is 3.96. The molecule has 3 rings (SSSR count). The van der Waals surface area contributed by atoms with Gasteiger partial charge in [0.25, 0.3) is 0 Å². The first-order valence-corrected chi connectivity index (χ1v) is 7.24. The van der Waals surface area contributed by atoms with Crippen molar-refractivity contribution in [3.8, 4) is 5.75 Å². The monoisotopic (exact) mass is 317 g/mol. The van der Waals surface area contributed by atoms with Gasteiger partial charge in [-0.3, -0.25) is 0 Å². The van der Waals surface area contributed by atoms with Crippen LogP contribution < -0.4 is 10.1 Å². The molecule has 1 aliphatic carbocycles. The summed E-state index contributed by atoms with van der Waals surface area (Å²) < 4.78 is 6.42. The fourth-order valence-electron chi connectivity index (χ4n) is 2.65. The molecule has 0 fully saturated rings. The van der Waals surface area contributed by atoms with Gasteiger partial charge in [-0.1, -0.05) is 28.1 Å². The van der Waals surface area contributed by atoms with Crippen LogP contribution in [0.15, 0.2) is 46.9 Å². The third kappa shape index (κ3) is 2.61. The zero-order valence-electron chi connectivity index (χ0n) is 10.8. The fourth-order valence-corrected chi connectivity index (χ4v) is 3.06. The minimum Gasteiger partial charge on any atom is -0.497 e. The van der Waals surface area contributed by atoms with E-state index in [2.05, 4.69) is 45.5 Å². The molecule has 19 heavy (non-hydrogen) atoms. The summed E-state index contributed by atoms with van der Waals surface area (Å²) in [5, 5.41) is 3.60. The van der Waals surface area contributed by atoms with Crippen molar-refractivity contribution in [3.05, 3.63) is 58.1 Å². The first kappa shape index (κ1) is 12.5. The highest BCUT2D eigenvalue weighted by atomic mass is 79.9. The van der Waals surface area contributed by atoms with Gasteiger partial charge in [0.1, 0.15) is 5.75 Å². The van der Waals surface area contributed by atoms with Crippen molar-refractivity contribution < 1.29 is 4.74 Å². The van der Waals surface area contributed by atoms with Crippen LogP contribution in [0.5, 0.6) is 5.75 Å². The molecular formula is C16H16BrNO. The molecule has 98 valence electrons. The van der Waals surface area contributed by atoms with Crippen LogP contribution in [0, 0.1) is 0 Å². The van der Waals surface area contributed by atoms with Gasteiger partial charge in [0.2, 0.25) is 0 Å². The SMILES string of the molecule is COc1cccc(NC2CCc3cc(Br)ccc32)c1. The average Bonchev–Trinajstić information content (AvgIpc) is 2.81. The lowest BCUT2D eigenvalue weighted by Gasteiger charge is -2.16. The molecule has 0 radical (unpaired) electrons. The Morgan fingerprint density at radius 1 is 1.21 bits per heavy atom. The number of fused-ring (bicyclic) bond motifs is 1. The highest BCUT2D eigenvalue weighted by Crippen LogP contribution is 2.35. The van der Waals surface area contributed by atoms with Crippen LogP contribution in [0.1, 0.15) is 23.6 Å². The Balaban J connectivity index is 1.82. The molecule has 2 nitrogen and oxygen atoms in total. The average molecular weight is 318 g/mol. The zero-order chi connectivity index (χ0) is 13.2. The predicted molar refractivity (Wildman–Crippen MR) is 81.8 cm³/mol. The van der Waals surface area contributed by atoms with E-state index in [1.54, 1.807) is 7.11 Å². The molecule has 2 aromatic rings. The minimum absolute atomic E-state index is 0.398. The molecule has 1 aliphatic rings. The van der Waals surface area contributed by atoms with Gasteiger partial charge in [0, 0.05) is 16.2 Å². The lowest BCUT2D eigenvalue weighted by Crippen LogP contribution is -2.06. The summed E-state index contributed by atoms with van der Waals surface area (Å²) in [5.74, 6) is 0.888. The van der Waals surface area contributed by atoms with Gasteiger partial charge < -0.3 is 10.1 Å². The van der Waals surface area contributed by atoms with Crippen LogP contribution in [-0.2, 0) is 6.42 Å². The Kier molecular flexibility index (Phi) is 3.47. The third-order valence-corrected chi connectivity index (χ3v) is 4.09. The molecule has 2 aromatic carbocycles. The summed E-state index contributed by atoms with van der Waals surface area (Å²) in [7, 11) is 1.70. The molecule has 3 heteroatoms. The number of halogens is 1. The molecule has 0 bridgehead atoms. The van der Waals surface area contributed by atoms with Crippen LogP contribution in [-0.4, -0.2) is 7.11 Å². The van der Waals surface area contributed by atoms with Crippen LogP contribution in [0.4, 0.5) is 5.69 Å². The molecule has 1 unspecified atom stereocenters. The zero-order valence-corrected chi connectivity index (χ0v) is 12.4. The molecule has 1 N–H and O–H groups in total. The van der Waals surface area contributed by atoms with E-state index in [1.165, 1.54) is 11.1 Å². The van der Waals surface area contributed by atoms with Crippen molar-refractivity contribution in [1.29, 1.82) is 0 Å². The Morgan fingerprint density at radius 3 is 2.95 bits per heavy atom. The van der Waals surface area contributed by atoms with Gasteiger partial charge in [-0.25, -0.2) is 0 Å². The molecule has 0 spiro atoms. The number of hydrogen-bond donors (Lipinski definition) is 1. The molecule has 0 saturated heterocycles. The Bertz CT molecular complexity index is 597. The molecule has 0 amide bonds. The second-order valence-electron chi connectivity index (χ2n) is 4.81. The molecular weight excluding hydrogens is 302 g/mol. The maximum atomic E-state index is 5.26. The summed E-state index contributed by atoms with van der Waals surface area (Å²) in [6.45, 7) is 0. The number of nitrogens with one attached hydrogen (secondary N) is 1. The molecule has 0 heterocycles. The minimum atomic E-state index is 0.398. The van der Waals surface area contributed by atoms with Gasteiger partial charge in [-0.2, -0.15) is 0 Å². The third-order valence-electron chi connectivity index (χ3n) is 3.59. The van der Waals surface area contributed by atoms with Crippen LogP contribution in [0.25, 0.3) is 0 Å². The lowest BCUT2D eigenvalue weighted by molar-refractivity contribution is 0.415. The van der Waals surface area contributed by atoms with E-state index in [0.29, 0.717) is 6.04 Å². The van der Waals surface area contributed by atoms with Crippen molar-refractivity contribution in [3.63, 3.8) is 0 Å². The fraction of sp³-hybridized carbons (Fsp3) is 0.250. The van der Waals surface area contributed by atoms with Crippen LogP contribution in [0.3, 0.4) is 0 Å². The first-order valence-electron chi connectivity index (χ1n) is 6.45. The Labute approximate surface area is 121 Å². The van der Waals surface area contributed by atoms with E-state index in [1.807, 2.05) is 18.2 Å². The largest absolute Gasteiger partial charge is 0.497 e. The topological polar surface area (TPSA) is 21.3 Å². The second kappa shape index (κ2) is 5.25. The first-order chi connectivity index (χ1) is 9.26. The lowest BCUT2D eigenvalue weighted by atomic mass is 10.1. The van der Waals surface area contributed by atoms with Crippen molar-refractivity contribution in [2.45, 2.75) is 18.9 Å². The number of anilines is 1. The smallest absolute Gasteiger partial charge is 0.120 e. The van der Waals surface area contributed by atoms with Gasteiger partial charge in [-0.05, 0) is 48.2 Å². The van der Waals surface area contributed by atoms with Crippen molar-refractivity contribution >= 4 is 21.6 Å². The number of benzene rings is 2. The molecule has 0 saturated carbocycles. The summed E-state index contributed by atoms with van der Waals surface area (Å²) in [4.78, 5) is 0. The highest BCUT2D eigenvalue weighted by molar-refractivity contribution is 9.10. The van der Waals surface area contributed by atoms with E-state index in [0.717, 1.165) is 28.8 Å². The van der Waals surface area contributed by atoms with Crippen molar-refractivity contribution in [1.82, 2.24) is 0 Å². The number of hydrogen-bond acceptors (Lipinski definition) is 2. The van der Waals surface area contributed by atoms with E-state index in [-0.39, 0.29) is 0 Å². The Morgan fingerprint density at radius 2 is 2.11 bits per heavy atom. The normalized spacial score (nSPS) is 17.1. The van der Waals surface area contributed by atoms with E-state index in [9.17, 15) is 0 Å². The highest BCUT2D eigenvalue weighted by Gasteiger charge is 2.22. The summed E-state index contributed by atoms with van der Waals surface area (Å²) in [6.07, 6.45) is 2.28. The van der Waals surface area contributed by atoms with Gasteiger partial charge >= 0.3 is 0 Å². The maximum absolute atomic E-state index is 5.26. The number of aryl methyl sites for hydroxylation is 1. The predicted octanol–water partition coefficient (Wildman–Crippen LogP) is 4.56. The number of rotatable bonds is 3. The number of methoxy groups -OCH3 is 1. The van der Waals surface area contributed by atoms with Gasteiger partial charge in [0.05, 0.1) is 13.2 Å². The maximum Gasteiger partial charge on any atom is 0.120 e. The van der Waals surface area contributed by atoms with Crippen LogP contribution >= 0.6 is 15.9 Å². The van der Waals surface area contributed by atoms with E-state index < -0.39 is 0 Å². The number of ether oxygens (including phenoxy) is 1.